The van der Waals surface area contributed by atoms with Crippen molar-refractivity contribution in [3.8, 4) is 0 Å². The van der Waals surface area contributed by atoms with Gasteiger partial charge in [0.25, 0.3) is 0 Å². The summed E-state index contributed by atoms with van der Waals surface area (Å²) in [7, 11) is -4.19. The Balaban J connectivity index is 1.96. The van der Waals surface area contributed by atoms with Crippen molar-refractivity contribution in [2.45, 2.75) is 22.5 Å². The summed E-state index contributed by atoms with van der Waals surface area (Å²) in [6.45, 7) is 0.442. The van der Waals surface area contributed by atoms with E-state index in [0.717, 1.165) is 23.8 Å². The van der Waals surface area contributed by atoms with Crippen molar-refractivity contribution in [3.05, 3.63) is 77.1 Å². The zero-order chi connectivity index (χ0) is 18.9. The Hall–Kier alpha value is -2.32. The second kappa shape index (κ2) is 6.77. The SMILES string of the molecule is O=S(=O)(c1ccc(Cn2cccn2)cc1)c1cccc(C(F)(F)F)c1Cl. The van der Waals surface area contributed by atoms with Gasteiger partial charge in [0.15, 0.2) is 0 Å². The lowest BCUT2D eigenvalue weighted by Crippen LogP contribution is -2.10. The van der Waals surface area contributed by atoms with E-state index in [1.165, 1.54) is 12.1 Å². The van der Waals surface area contributed by atoms with Crippen molar-refractivity contribution in [1.82, 2.24) is 9.78 Å². The molecule has 4 nitrogen and oxygen atoms in total. The minimum absolute atomic E-state index is 0.136. The second-order valence-corrected chi connectivity index (χ2v) is 7.76. The highest BCUT2D eigenvalue weighted by Crippen LogP contribution is 2.39. The average Bonchev–Trinajstić information content (AvgIpc) is 3.07. The van der Waals surface area contributed by atoms with Crippen LogP contribution in [0.3, 0.4) is 0 Å². The van der Waals surface area contributed by atoms with Gasteiger partial charge in [-0.3, -0.25) is 4.68 Å². The Morgan fingerprint density at radius 1 is 1.04 bits per heavy atom. The van der Waals surface area contributed by atoms with Gasteiger partial charge < -0.3 is 0 Å². The third-order valence-corrected chi connectivity index (χ3v) is 6.03. The van der Waals surface area contributed by atoms with Crippen molar-refractivity contribution < 1.29 is 21.6 Å². The molecule has 1 heterocycles. The average molecular weight is 401 g/mol. The number of halogens is 4. The van der Waals surface area contributed by atoms with Gasteiger partial charge in [0.1, 0.15) is 0 Å². The molecule has 0 saturated carbocycles. The van der Waals surface area contributed by atoms with Crippen LogP contribution in [0.25, 0.3) is 0 Å². The predicted molar refractivity (Wildman–Crippen MR) is 89.7 cm³/mol. The molecule has 9 heteroatoms. The maximum absolute atomic E-state index is 13.0. The largest absolute Gasteiger partial charge is 0.417 e. The van der Waals surface area contributed by atoms with E-state index in [9.17, 15) is 21.6 Å². The second-order valence-electron chi connectivity index (χ2n) is 5.47. The molecule has 0 aliphatic rings. The Kier molecular flexibility index (Phi) is 4.81. The molecule has 0 atom stereocenters. The molecule has 26 heavy (non-hydrogen) atoms. The van der Waals surface area contributed by atoms with Gasteiger partial charge in [-0.2, -0.15) is 18.3 Å². The zero-order valence-corrected chi connectivity index (χ0v) is 14.7. The van der Waals surface area contributed by atoms with Crippen molar-refractivity contribution in [2.24, 2.45) is 0 Å². The van der Waals surface area contributed by atoms with E-state index in [2.05, 4.69) is 5.10 Å². The summed E-state index contributed by atoms with van der Waals surface area (Å²) >= 11 is 5.74. The van der Waals surface area contributed by atoms with E-state index in [0.29, 0.717) is 6.54 Å². The zero-order valence-electron chi connectivity index (χ0n) is 13.1. The first-order chi connectivity index (χ1) is 12.2. The molecular weight excluding hydrogens is 389 g/mol. The number of rotatable bonds is 4. The number of hydrogen-bond donors (Lipinski definition) is 0. The van der Waals surface area contributed by atoms with E-state index < -0.39 is 31.5 Å². The van der Waals surface area contributed by atoms with Gasteiger partial charge in [-0.05, 0) is 35.9 Å². The van der Waals surface area contributed by atoms with Crippen molar-refractivity contribution in [1.29, 1.82) is 0 Å². The third kappa shape index (κ3) is 3.61. The monoisotopic (exact) mass is 400 g/mol. The van der Waals surface area contributed by atoms with Crippen molar-refractivity contribution in [3.63, 3.8) is 0 Å². The van der Waals surface area contributed by atoms with Crippen LogP contribution in [0, 0.1) is 0 Å². The van der Waals surface area contributed by atoms with E-state index in [1.54, 1.807) is 35.3 Å². The molecule has 2 aromatic carbocycles. The van der Waals surface area contributed by atoms with Gasteiger partial charge in [-0.1, -0.05) is 29.8 Å². The molecule has 0 radical (unpaired) electrons. The first kappa shape index (κ1) is 18.5. The fourth-order valence-electron chi connectivity index (χ4n) is 2.42. The Labute approximate surface area is 152 Å². The van der Waals surface area contributed by atoms with Gasteiger partial charge in [0.05, 0.1) is 26.9 Å². The highest BCUT2D eigenvalue weighted by Gasteiger charge is 2.36. The van der Waals surface area contributed by atoms with E-state index in [1.807, 2.05) is 0 Å². The number of nitrogens with zero attached hydrogens (tertiary/aromatic N) is 2. The molecule has 0 amide bonds. The van der Waals surface area contributed by atoms with Crippen LogP contribution in [0.15, 0.2) is 70.7 Å². The van der Waals surface area contributed by atoms with E-state index >= 15 is 0 Å². The molecule has 0 saturated heterocycles. The lowest BCUT2D eigenvalue weighted by molar-refractivity contribution is -0.137. The number of aromatic nitrogens is 2. The molecule has 0 fully saturated rings. The van der Waals surface area contributed by atoms with Gasteiger partial charge in [0, 0.05) is 12.4 Å². The molecule has 1 aromatic heterocycles. The summed E-state index contributed by atoms with van der Waals surface area (Å²) in [6.07, 6.45) is -1.36. The standard InChI is InChI=1S/C17H12ClF3N2O2S/c18-16-14(17(19,20)21)3-1-4-15(16)26(24,25)13-7-5-12(6-8-13)11-23-10-2-9-22-23/h1-10H,11H2. The van der Waals surface area contributed by atoms with Gasteiger partial charge >= 0.3 is 6.18 Å². The number of alkyl halides is 3. The molecule has 3 rings (SSSR count). The molecule has 0 unspecified atom stereocenters. The normalized spacial score (nSPS) is 12.3. The van der Waals surface area contributed by atoms with Crippen LogP contribution in [0.2, 0.25) is 5.02 Å². The lowest BCUT2D eigenvalue weighted by Gasteiger charge is -2.13. The van der Waals surface area contributed by atoms with E-state index in [-0.39, 0.29) is 4.90 Å². The van der Waals surface area contributed by atoms with Crippen LogP contribution >= 0.6 is 11.6 Å². The maximum atomic E-state index is 13.0. The van der Waals surface area contributed by atoms with Gasteiger partial charge in [-0.25, -0.2) is 8.42 Å². The van der Waals surface area contributed by atoms with Crippen LogP contribution in [0.5, 0.6) is 0 Å². The molecule has 0 aliphatic carbocycles. The minimum atomic E-state index is -4.74. The van der Waals surface area contributed by atoms with E-state index in [4.69, 9.17) is 11.6 Å². The summed E-state index contributed by atoms with van der Waals surface area (Å²) in [5, 5.41) is 3.22. The Bertz CT molecular complexity index is 1020. The first-order valence-electron chi connectivity index (χ1n) is 7.37. The molecule has 0 bridgehead atoms. The quantitative estimate of drug-likeness (QED) is 0.650. The predicted octanol–water partition coefficient (Wildman–Crippen LogP) is 4.44. The van der Waals surface area contributed by atoms with Crippen molar-refractivity contribution in [2.75, 3.05) is 0 Å². The summed E-state index contributed by atoms with van der Waals surface area (Å²) in [6, 6.07) is 10.4. The summed E-state index contributed by atoms with van der Waals surface area (Å²) in [5.74, 6) is 0. The number of hydrogen-bond acceptors (Lipinski definition) is 3. The number of benzene rings is 2. The molecule has 3 aromatic rings. The van der Waals surface area contributed by atoms with Crippen LogP contribution in [0.1, 0.15) is 11.1 Å². The molecule has 0 aliphatic heterocycles. The lowest BCUT2D eigenvalue weighted by atomic mass is 10.2. The first-order valence-corrected chi connectivity index (χ1v) is 9.23. The minimum Gasteiger partial charge on any atom is -0.268 e. The van der Waals surface area contributed by atoms with Crippen LogP contribution in [0.4, 0.5) is 13.2 Å². The highest BCUT2D eigenvalue weighted by molar-refractivity contribution is 7.91. The molecule has 0 spiro atoms. The van der Waals surface area contributed by atoms with Crippen LogP contribution in [-0.4, -0.2) is 18.2 Å². The molecule has 0 N–H and O–H groups in total. The topological polar surface area (TPSA) is 52.0 Å². The van der Waals surface area contributed by atoms with Crippen LogP contribution in [-0.2, 0) is 22.6 Å². The van der Waals surface area contributed by atoms with Crippen molar-refractivity contribution >= 4 is 21.4 Å². The highest BCUT2D eigenvalue weighted by atomic mass is 35.5. The third-order valence-electron chi connectivity index (χ3n) is 3.70. The molecular formula is C17H12ClF3N2O2S. The Morgan fingerprint density at radius 3 is 2.31 bits per heavy atom. The summed E-state index contributed by atoms with van der Waals surface area (Å²) < 4.78 is 65.9. The fraction of sp³-hybridized carbons (Fsp3) is 0.118. The fourth-order valence-corrected chi connectivity index (χ4v) is 4.31. The summed E-state index contributed by atoms with van der Waals surface area (Å²) in [5.41, 5.74) is -0.390. The Morgan fingerprint density at radius 2 is 1.73 bits per heavy atom. The van der Waals surface area contributed by atoms with Crippen LogP contribution < -0.4 is 0 Å². The molecule has 136 valence electrons. The smallest absolute Gasteiger partial charge is 0.268 e. The van der Waals surface area contributed by atoms with Gasteiger partial charge in [-0.15, -0.1) is 0 Å². The maximum Gasteiger partial charge on any atom is 0.417 e. The number of sulfone groups is 1. The van der Waals surface area contributed by atoms with Gasteiger partial charge in [0.2, 0.25) is 9.84 Å². The summed E-state index contributed by atoms with van der Waals surface area (Å²) in [4.78, 5) is -0.711.